The predicted molar refractivity (Wildman–Crippen MR) is 97.4 cm³/mol. The lowest BCUT2D eigenvalue weighted by molar-refractivity contribution is -0.118. The van der Waals surface area contributed by atoms with Crippen LogP contribution in [-0.4, -0.2) is 38.7 Å². The maximum Gasteiger partial charge on any atom is 0.358 e. The van der Waals surface area contributed by atoms with Gasteiger partial charge in [-0.2, -0.15) is 0 Å². The number of amides is 1. The molecule has 1 aromatic carbocycles. The number of nitrogens with zero attached hydrogens (tertiary/aromatic N) is 1. The van der Waals surface area contributed by atoms with Gasteiger partial charge >= 0.3 is 5.97 Å². The van der Waals surface area contributed by atoms with Crippen LogP contribution in [0.1, 0.15) is 10.5 Å². The molecule has 0 saturated carbocycles. The zero-order chi connectivity index (χ0) is 19.4. The summed E-state index contributed by atoms with van der Waals surface area (Å²) in [5.74, 6) is -2.51. The number of benzene rings is 1. The number of hydrogen-bond acceptors (Lipinski definition) is 7. The Morgan fingerprint density at radius 3 is 2.67 bits per heavy atom. The molecule has 0 bridgehead atoms. The fraction of sp³-hybridized carbons (Fsp3) is 0.0588. The minimum Gasteiger partial charge on any atom is -0.501 e. The number of para-hydroxylation sites is 1. The van der Waals surface area contributed by atoms with Gasteiger partial charge in [0.05, 0.1) is 10.6 Å². The largest absolute Gasteiger partial charge is 0.501 e. The van der Waals surface area contributed by atoms with E-state index in [9.17, 15) is 19.5 Å². The van der Waals surface area contributed by atoms with E-state index in [0.717, 1.165) is 11.3 Å². The van der Waals surface area contributed by atoms with Crippen LogP contribution >= 0.6 is 11.3 Å². The number of carboxylic acids is 1. The van der Waals surface area contributed by atoms with Gasteiger partial charge in [0.2, 0.25) is 5.75 Å². The quantitative estimate of drug-likeness (QED) is 0.506. The topological polar surface area (TPSA) is 142 Å². The van der Waals surface area contributed by atoms with Crippen LogP contribution in [0.4, 0.5) is 5.69 Å². The van der Waals surface area contributed by atoms with Crippen molar-refractivity contribution in [2.24, 2.45) is 0 Å². The monoisotopic (exact) mass is 387 g/mol. The van der Waals surface area contributed by atoms with Gasteiger partial charge in [0.15, 0.2) is 18.1 Å². The summed E-state index contributed by atoms with van der Waals surface area (Å²) in [7, 11) is 0. The molecule has 0 aliphatic heterocycles. The number of carbonyl (C=O) groups is 2. The first-order chi connectivity index (χ1) is 13.0. The average molecular weight is 387 g/mol. The van der Waals surface area contributed by atoms with E-state index in [2.05, 4.69) is 15.3 Å². The summed E-state index contributed by atoms with van der Waals surface area (Å²) in [6.45, 7) is -0.237. The summed E-state index contributed by atoms with van der Waals surface area (Å²) in [5.41, 5.74) is -1.44. The number of nitrogens with one attached hydrogen (secondary N) is 2. The lowest BCUT2D eigenvalue weighted by Crippen LogP contribution is -2.20. The highest BCUT2D eigenvalue weighted by molar-refractivity contribution is 7.14. The van der Waals surface area contributed by atoms with Gasteiger partial charge in [-0.15, -0.1) is 11.3 Å². The predicted octanol–water partition coefficient (Wildman–Crippen LogP) is 1.92. The number of carbonyl (C=O) groups excluding carboxylic acids is 1. The highest BCUT2D eigenvalue weighted by Gasteiger charge is 2.20. The minimum atomic E-state index is -1.54. The Kier molecular flexibility index (Phi) is 5.18. The van der Waals surface area contributed by atoms with E-state index in [0.29, 0.717) is 16.3 Å². The summed E-state index contributed by atoms with van der Waals surface area (Å²) in [6.07, 6.45) is 0. The van der Waals surface area contributed by atoms with Gasteiger partial charge in [0, 0.05) is 0 Å². The lowest BCUT2D eigenvalue weighted by atomic mass is 10.3. The number of aromatic amines is 1. The Bertz CT molecular complexity index is 1040. The molecule has 0 aliphatic rings. The molecule has 10 heteroatoms. The van der Waals surface area contributed by atoms with Crippen LogP contribution in [0.15, 0.2) is 46.6 Å². The van der Waals surface area contributed by atoms with Crippen molar-refractivity contribution in [3.63, 3.8) is 0 Å². The molecule has 0 aliphatic carbocycles. The third-order valence-corrected chi connectivity index (χ3v) is 4.29. The molecule has 1 amide bonds. The van der Waals surface area contributed by atoms with Crippen molar-refractivity contribution < 1.29 is 24.5 Å². The zero-order valence-electron chi connectivity index (χ0n) is 13.6. The number of hydrogen-bond donors (Lipinski definition) is 4. The lowest BCUT2D eigenvalue weighted by Gasteiger charge is -2.08. The van der Waals surface area contributed by atoms with Gasteiger partial charge in [0.1, 0.15) is 5.75 Å². The molecule has 0 fully saturated rings. The molecule has 2 aromatic heterocycles. The molecule has 138 valence electrons. The molecule has 0 spiro atoms. The molecule has 27 heavy (non-hydrogen) atoms. The van der Waals surface area contributed by atoms with E-state index in [-0.39, 0.29) is 12.4 Å². The molecule has 3 rings (SSSR count). The normalized spacial score (nSPS) is 10.4. The average Bonchev–Trinajstić information content (AvgIpc) is 3.11. The number of rotatable bonds is 6. The minimum absolute atomic E-state index is 0.0792. The first-order valence-corrected chi connectivity index (χ1v) is 8.46. The third kappa shape index (κ3) is 4.12. The maximum absolute atomic E-state index is 12.1. The van der Waals surface area contributed by atoms with Crippen LogP contribution in [0, 0.1) is 0 Å². The summed E-state index contributed by atoms with van der Waals surface area (Å²) >= 11 is 1.13. The molecule has 9 nitrogen and oxygen atoms in total. The van der Waals surface area contributed by atoms with Crippen molar-refractivity contribution in [2.45, 2.75) is 0 Å². The van der Waals surface area contributed by atoms with Crippen molar-refractivity contribution in [1.82, 2.24) is 9.97 Å². The Labute approximate surface area is 155 Å². The van der Waals surface area contributed by atoms with Crippen LogP contribution in [0.2, 0.25) is 0 Å². The van der Waals surface area contributed by atoms with Crippen molar-refractivity contribution in [3.8, 4) is 22.2 Å². The fourth-order valence-corrected chi connectivity index (χ4v) is 2.96. The summed E-state index contributed by atoms with van der Waals surface area (Å²) in [4.78, 5) is 41.4. The number of anilines is 1. The van der Waals surface area contributed by atoms with E-state index in [4.69, 9.17) is 9.84 Å². The number of thiophene rings is 1. The molecule has 0 unspecified atom stereocenters. The molecule has 0 saturated heterocycles. The number of aromatic nitrogens is 2. The number of carboxylic acid groups (broad SMARTS) is 1. The highest BCUT2D eigenvalue weighted by Crippen LogP contribution is 2.31. The second kappa shape index (κ2) is 7.70. The Hall–Kier alpha value is -3.66. The van der Waals surface area contributed by atoms with Crippen molar-refractivity contribution in [2.75, 3.05) is 11.9 Å². The van der Waals surface area contributed by atoms with E-state index < -0.39 is 28.9 Å². The molecule has 0 atom stereocenters. The Balaban J connectivity index is 1.79. The number of aromatic hydroxyl groups is 1. The standard InChI is InChI=1S/C17H13N3O6S/c21-11(8-26-9-4-2-1-3-5-9)18-10-6-7-27-14(10)15-19-12(17(24)25)13(22)16(23)20-15/h1-7,22H,8H2,(H,18,21)(H,24,25)(H,19,20,23). The van der Waals surface area contributed by atoms with Crippen molar-refractivity contribution in [3.05, 3.63) is 57.8 Å². The van der Waals surface area contributed by atoms with Crippen LogP contribution in [0.5, 0.6) is 11.5 Å². The van der Waals surface area contributed by atoms with Gasteiger partial charge in [-0.05, 0) is 23.6 Å². The maximum atomic E-state index is 12.1. The van der Waals surface area contributed by atoms with E-state index >= 15 is 0 Å². The van der Waals surface area contributed by atoms with Crippen LogP contribution in [0.3, 0.4) is 0 Å². The molecule has 4 N–H and O–H groups in total. The third-order valence-electron chi connectivity index (χ3n) is 3.37. The van der Waals surface area contributed by atoms with Gasteiger partial charge in [-0.1, -0.05) is 18.2 Å². The van der Waals surface area contributed by atoms with Gasteiger partial charge in [0.25, 0.3) is 11.5 Å². The summed E-state index contributed by atoms with van der Waals surface area (Å²) in [5, 5.41) is 22.8. The summed E-state index contributed by atoms with van der Waals surface area (Å²) < 4.78 is 5.35. The highest BCUT2D eigenvalue weighted by atomic mass is 32.1. The Morgan fingerprint density at radius 1 is 1.22 bits per heavy atom. The molecular weight excluding hydrogens is 374 g/mol. The summed E-state index contributed by atoms with van der Waals surface area (Å²) in [6, 6.07) is 10.4. The zero-order valence-corrected chi connectivity index (χ0v) is 14.4. The van der Waals surface area contributed by atoms with Gasteiger partial charge < -0.3 is 25.3 Å². The SMILES string of the molecule is O=C(COc1ccccc1)Nc1ccsc1-c1nc(C(=O)O)c(O)c(=O)[nH]1. The van der Waals surface area contributed by atoms with E-state index in [1.807, 2.05) is 6.07 Å². The van der Waals surface area contributed by atoms with Crippen LogP contribution in [0.25, 0.3) is 10.7 Å². The fourth-order valence-electron chi connectivity index (χ4n) is 2.17. The molecule has 3 aromatic rings. The van der Waals surface area contributed by atoms with Crippen molar-refractivity contribution >= 4 is 28.9 Å². The first kappa shape index (κ1) is 18.1. The second-order valence-electron chi connectivity index (χ2n) is 5.23. The van der Waals surface area contributed by atoms with Crippen molar-refractivity contribution in [1.29, 1.82) is 0 Å². The first-order valence-electron chi connectivity index (χ1n) is 7.58. The Morgan fingerprint density at radius 2 is 1.96 bits per heavy atom. The van der Waals surface area contributed by atoms with E-state index in [1.54, 1.807) is 35.7 Å². The van der Waals surface area contributed by atoms with Crippen LogP contribution < -0.4 is 15.6 Å². The number of ether oxygens (including phenoxy) is 1. The van der Waals surface area contributed by atoms with E-state index in [1.165, 1.54) is 0 Å². The smallest absolute Gasteiger partial charge is 0.358 e. The second-order valence-corrected chi connectivity index (χ2v) is 6.15. The van der Waals surface area contributed by atoms with Gasteiger partial charge in [-0.25, -0.2) is 9.78 Å². The van der Waals surface area contributed by atoms with Gasteiger partial charge in [-0.3, -0.25) is 9.59 Å². The molecule has 2 heterocycles. The van der Waals surface area contributed by atoms with Crippen LogP contribution in [-0.2, 0) is 4.79 Å². The number of aromatic carboxylic acids is 1. The number of H-pyrrole nitrogens is 1. The molecular formula is C17H13N3O6S. The molecule has 0 radical (unpaired) electrons.